The van der Waals surface area contributed by atoms with E-state index < -0.39 is 6.10 Å². The van der Waals surface area contributed by atoms with Gasteiger partial charge in [0.25, 0.3) is 5.91 Å². The van der Waals surface area contributed by atoms with E-state index in [2.05, 4.69) is 10.2 Å². The molecule has 1 heterocycles. The number of rotatable bonds is 5. The smallest absolute Gasteiger partial charge is 0.253 e. The van der Waals surface area contributed by atoms with E-state index >= 15 is 0 Å². The SMILES string of the molecule is CC(CN1CCCCC1)NC(=O)C(O)c1ccccc1. The molecule has 0 bridgehead atoms. The number of benzene rings is 1. The lowest BCUT2D eigenvalue weighted by molar-refractivity contribution is -0.130. The minimum atomic E-state index is -1.08. The predicted molar refractivity (Wildman–Crippen MR) is 79.3 cm³/mol. The number of aliphatic hydroxyl groups is 1. The van der Waals surface area contributed by atoms with Crippen LogP contribution in [0.1, 0.15) is 37.9 Å². The second-order valence-corrected chi connectivity index (χ2v) is 5.58. The number of nitrogens with one attached hydrogen (secondary N) is 1. The van der Waals surface area contributed by atoms with Gasteiger partial charge in [0, 0.05) is 12.6 Å². The molecule has 1 aromatic rings. The third-order valence-corrected chi connectivity index (χ3v) is 3.73. The van der Waals surface area contributed by atoms with E-state index in [1.165, 1.54) is 19.3 Å². The van der Waals surface area contributed by atoms with E-state index in [0.29, 0.717) is 5.56 Å². The van der Waals surface area contributed by atoms with Gasteiger partial charge in [0.1, 0.15) is 0 Å². The van der Waals surface area contributed by atoms with Gasteiger partial charge < -0.3 is 15.3 Å². The van der Waals surface area contributed by atoms with Gasteiger partial charge in [0.05, 0.1) is 0 Å². The Labute approximate surface area is 120 Å². The van der Waals surface area contributed by atoms with Crippen LogP contribution >= 0.6 is 0 Å². The van der Waals surface area contributed by atoms with Crippen molar-refractivity contribution in [2.45, 2.75) is 38.3 Å². The number of likely N-dealkylation sites (tertiary alicyclic amines) is 1. The zero-order chi connectivity index (χ0) is 14.4. The van der Waals surface area contributed by atoms with Crippen LogP contribution in [0.5, 0.6) is 0 Å². The van der Waals surface area contributed by atoms with Crippen molar-refractivity contribution in [3.63, 3.8) is 0 Å². The fraction of sp³-hybridized carbons (Fsp3) is 0.562. The molecule has 1 fully saturated rings. The highest BCUT2D eigenvalue weighted by molar-refractivity contribution is 5.82. The Balaban J connectivity index is 1.81. The molecule has 2 unspecified atom stereocenters. The Morgan fingerprint density at radius 2 is 1.90 bits per heavy atom. The topological polar surface area (TPSA) is 52.6 Å². The molecular weight excluding hydrogens is 252 g/mol. The van der Waals surface area contributed by atoms with E-state index in [1.54, 1.807) is 12.1 Å². The normalized spacial score (nSPS) is 19.3. The summed E-state index contributed by atoms with van der Waals surface area (Å²) >= 11 is 0. The molecular formula is C16H24N2O2. The van der Waals surface area contributed by atoms with Crippen LogP contribution in [0.2, 0.25) is 0 Å². The lowest BCUT2D eigenvalue weighted by Crippen LogP contribution is -2.45. The highest BCUT2D eigenvalue weighted by Gasteiger charge is 2.20. The minimum Gasteiger partial charge on any atom is -0.378 e. The third-order valence-electron chi connectivity index (χ3n) is 3.73. The summed E-state index contributed by atoms with van der Waals surface area (Å²) in [6.45, 7) is 5.07. The number of hydrogen-bond donors (Lipinski definition) is 2. The molecule has 4 heteroatoms. The molecule has 1 aliphatic heterocycles. The van der Waals surface area contributed by atoms with Gasteiger partial charge in [-0.25, -0.2) is 0 Å². The maximum absolute atomic E-state index is 12.0. The molecule has 0 radical (unpaired) electrons. The van der Waals surface area contributed by atoms with Crippen LogP contribution in [-0.4, -0.2) is 41.6 Å². The molecule has 2 rings (SSSR count). The number of carbonyl (C=O) groups excluding carboxylic acids is 1. The molecule has 0 aliphatic carbocycles. The van der Waals surface area contributed by atoms with Gasteiger partial charge in [-0.1, -0.05) is 36.8 Å². The van der Waals surface area contributed by atoms with Crippen molar-refractivity contribution in [3.8, 4) is 0 Å². The fourth-order valence-electron chi connectivity index (χ4n) is 2.68. The summed E-state index contributed by atoms with van der Waals surface area (Å²) in [4.78, 5) is 14.4. The Morgan fingerprint density at radius 3 is 2.55 bits per heavy atom. The first-order valence-electron chi connectivity index (χ1n) is 7.42. The van der Waals surface area contributed by atoms with E-state index in [9.17, 15) is 9.90 Å². The van der Waals surface area contributed by atoms with E-state index in [0.717, 1.165) is 19.6 Å². The number of hydrogen-bond acceptors (Lipinski definition) is 3. The van der Waals surface area contributed by atoms with Crippen molar-refractivity contribution in [2.24, 2.45) is 0 Å². The maximum atomic E-state index is 12.0. The molecule has 2 atom stereocenters. The first-order valence-corrected chi connectivity index (χ1v) is 7.42. The van der Waals surface area contributed by atoms with Gasteiger partial charge >= 0.3 is 0 Å². The lowest BCUT2D eigenvalue weighted by atomic mass is 10.1. The van der Waals surface area contributed by atoms with Gasteiger partial charge in [-0.05, 0) is 38.4 Å². The monoisotopic (exact) mass is 276 g/mol. The van der Waals surface area contributed by atoms with Gasteiger partial charge in [-0.3, -0.25) is 4.79 Å². The van der Waals surface area contributed by atoms with E-state index in [-0.39, 0.29) is 11.9 Å². The zero-order valence-corrected chi connectivity index (χ0v) is 12.1. The molecule has 4 nitrogen and oxygen atoms in total. The van der Waals surface area contributed by atoms with Crippen molar-refractivity contribution in [1.82, 2.24) is 10.2 Å². The van der Waals surface area contributed by atoms with Crippen molar-refractivity contribution < 1.29 is 9.90 Å². The average molecular weight is 276 g/mol. The van der Waals surface area contributed by atoms with Crippen LogP contribution in [0.25, 0.3) is 0 Å². The summed E-state index contributed by atoms with van der Waals surface area (Å²) in [5.41, 5.74) is 0.634. The van der Waals surface area contributed by atoms with E-state index in [1.807, 2.05) is 25.1 Å². The predicted octanol–water partition coefficient (Wildman–Crippen LogP) is 1.71. The lowest BCUT2D eigenvalue weighted by Gasteiger charge is -2.29. The molecule has 1 aliphatic rings. The average Bonchev–Trinajstić information content (AvgIpc) is 2.48. The molecule has 0 saturated carbocycles. The number of carbonyl (C=O) groups is 1. The number of piperidine rings is 1. The Hall–Kier alpha value is -1.39. The van der Waals surface area contributed by atoms with Crippen LogP contribution < -0.4 is 5.32 Å². The maximum Gasteiger partial charge on any atom is 0.253 e. The molecule has 1 saturated heterocycles. The number of nitrogens with zero attached hydrogens (tertiary/aromatic N) is 1. The highest BCUT2D eigenvalue weighted by atomic mass is 16.3. The summed E-state index contributed by atoms with van der Waals surface area (Å²) in [6, 6.07) is 9.09. The first kappa shape index (κ1) is 15.0. The highest BCUT2D eigenvalue weighted by Crippen LogP contribution is 2.13. The second-order valence-electron chi connectivity index (χ2n) is 5.58. The van der Waals surface area contributed by atoms with Crippen molar-refractivity contribution >= 4 is 5.91 Å². The summed E-state index contributed by atoms with van der Waals surface area (Å²) in [7, 11) is 0. The first-order chi connectivity index (χ1) is 9.66. The molecule has 20 heavy (non-hydrogen) atoms. The Kier molecular flexibility index (Phi) is 5.56. The zero-order valence-electron chi connectivity index (χ0n) is 12.1. The summed E-state index contributed by atoms with van der Waals surface area (Å²) in [6.07, 6.45) is 2.71. The molecule has 0 spiro atoms. The van der Waals surface area contributed by atoms with Gasteiger partial charge in [-0.15, -0.1) is 0 Å². The largest absolute Gasteiger partial charge is 0.378 e. The van der Waals surface area contributed by atoms with Crippen LogP contribution in [0, 0.1) is 0 Å². The van der Waals surface area contributed by atoms with Crippen LogP contribution in [0.3, 0.4) is 0 Å². The molecule has 0 aromatic heterocycles. The molecule has 1 amide bonds. The summed E-state index contributed by atoms with van der Waals surface area (Å²) in [5.74, 6) is -0.319. The van der Waals surface area contributed by atoms with E-state index in [4.69, 9.17) is 0 Å². The standard InChI is InChI=1S/C16H24N2O2/c1-13(12-18-10-6-3-7-11-18)17-16(20)15(19)14-8-4-2-5-9-14/h2,4-5,8-9,13,15,19H,3,6-7,10-12H2,1H3,(H,17,20). The quantitative estimate of drug-likeness (QED) is 0.861. The van der Waals surface area contributed by atoms with Gasteiger partial charge in [-0.2, -0.15) is 0 Å². The molecule has 2 N–H and O–H groups in total. The Morgan fingerprint density at radius 1 is 1.25 bits per heavy atom. The third kappa shape index (κ3) is 4.32. The summed E-state index contributed by atoms with van der Waals surface area (Å²) < 4.78 is 0. The van der Waals surface area contributed by atoms with Gasteiger partial charge in [0.2, 0.25) is 0 Å². The van der Waals surface area contributed by atoms with Crippen LogP contribution in [-0.2, 0) is 4.79 Å². The van der Waals surface area contributed by atoms with Crippen molar-refractivity contribution in [2.75, 3.05) is 19.6 Å². The fourth-order valence-corrected chi connectivity index (χ4v) is 2.68. The Bertz CT molecular complexity index is 416. The number of amides is 1. The van der Waals surface area contributed by atoms with Crippen LogP contribution in [0.4, 0.5) is 0 Å². The van der Waals surface area contributed by atoms with Crippen molar-refractivity contribution in [3.05, 3.63) is 35.9 Å². The summed E-state index contributed by atoms with van der Waals surface area (Å²) in [5, 5.41) is 12.9. The molecule has 1 aromatic carbocycles. The van der Waals surface area contributed by atoms with Crippen LogP contribution in [0.15, 0.2) is 30.3 Å². The second kappa shape index (κ2) is 7.41. The van der Waals surface area contributed by atoms with Crippen molar-refractivity contribution in [1.29, 1.82) is 0 Å². The molecule has 110 valence electrons. The number of aliphatic hydroxyl groups excluding tert-OH is 1. The minimum absolute atomic E-state index is 0.0546. The van der Waals surface area contributed by atoms with Gasteiger partial charge in [0.15, 0.2) is 6.10 Å².